The largest absolute Gasteiger partial charge is 0.462 e. The molecule has 0 aliphatic carbocycles. The minimum absolute atomic E-state index is 0. The predicted molar refractivity (Wildman–Crippen MR) is 132 cm³/mol. The second kappa shape index (κ2) is 11.5. The van der Waals surface area contributed by atoms with Gasteiger partial charge >= 0.3 is 0 Å². The molecule has 2 aliphatic rings. The van der Waals surface area contributed by atoms with Crippen molar-refractivity contribution in [3.8, 4) is 5.95 Å². The molecular weight excluding hydrogens is 452 g/mol. The lowest BCUT2D eigenvalue weighted by Crippen LogP contribution is -2.36. The Hall–Kier alpha value is -2.94. The van der Waals surface area contributed by atoms with Gasteiger partial charge < -0.3 is 9.47 Å². The molecule has 2 aliphatic heterocycles. The normalized spacial score (nSPS) is 17.8. The van der Waals surface area contributed by atoms with Crippen molar-refractivity contribution in [1.82, 2.24) is 29.3 Å². The minimum Gasteiger partial charge on any atom is -0.462 e. The molecule has 3 aromatic rings. The van der Waals surface area contributed by atoms with Crippen LogP contribution in [0, 0.1) is 6.92 Å². The smallest absolute Gasteiger partial charge is 0.235 e. The summed E-state index contributed by atoms with van der Waals surface area (Å²) in [6.07, 6.45) is 9.41. The highest BCUT2D eigenvalue weighted by Crippen LogP contribution is 2.31. The summed E-state index contributed by atoms with van der Waals surface area (Å²) in [7, 11) is 0. The summed E-state index contributed by atoms with van der Waals surface area (Å²) in [4.78, 5) is 18.6. The van der Waals surface area contributed by atoms with Crippen molar-refractivity contribution < 1.29 is 9.47 Å². The van der Waals surface area contributed by atoms with E-state index in [9.17, 15) is 0 Å². The van der Waals surface area contributed by atoms with Gasteiger partial charge in [0.15, 0.2) is 0 Å². The molecular formula is C25H31ClN6O2. The standard InChI is InChI=1S/C25H30N6O2.ClH/c1-20-14-23(28-25(27-20)31-11-9-26-18-31)24-8-5-10-30(24)13-12-29(16-22-17-32-19-33-22)15-21-6-3-2-4-7-21;/h2-4,6-7,9,11,14,17-18,24H,5,8,10,12-13,15-16,19H2,1H3;1H. The minimum atomic E-state index is 0. The first-order valence-corrected chi connectivity index (χ1v) is 11.5. The fourth-order valence-corrected chi connectivity index (χ4v) is 4.57. The molecule has 0 amide bonds. The summed E-state index contributed by atoms with van der Waals surface area (Å²) in [6.45, 7) is 6.94. The Kier molecular flexibility index (Phi) is 8.16. The van der Waals surface area contributed by atoms with Gasteiger partial charge in [0.25, 0.3) is 0 Å². The number of likely N-dealkylation sites (tertiary alicyclic amines) is 1. The van der Waals surface area contributed by atoms with E-state index in [2.05, 4.69) is 56.2 Å². The van der Waals surface area contributed by atoms with Crippen molar-refractivity contribution in [2.24, 2.45) is 0 Å². The van der Waals surface area contributed by atoms with E-state index < -0.39 is 0 Å². The maximum Gasteiger partial charge on any atom is 0.235 e. The van der Waals surface area contributed by atoms with Crippen LogP contribution in [0.5, 0.6) is 0 Å². The molecule has 0 saturated carbocycles. The number of nitrogens with zero attached hydrogens (tertiary/aromatic N) is 6. The van der Waals surface area contributed by atoms with Crippen LogP contribution in [0.3, 0.4) is 0 Å². The first kappa shape index (κ1) is 24.2. The molecule has 1 fully saturated rings. The Bertz CT molecular complexity index is 1080. The summed E-state index contributed by atoms with van der Waals surface area (Å²) < 4.78 is 12.7. The zero-order valence-electron chi connectivity index (χ0n) is 19.4. The molecule has 0 N–H and O–H groups in total. The van der Waals surface area contributed by atoms with E-state index >= 15 is 0 Å². The van der Waals surface area contributed by atoms with Gasteiger partial charge in [-0.15, -0.1) is 12.4 Å². The average Bonchev–Trinajstić information content (AvgIpc) is 3.61. The predicted octanol–water partition coefficient (Wildman–Crippen LogP) is 3.88. The molecule has 1 atom stereocenters. The Morgan fingerprint density at radius 3 is 2.79 bits per heavy atom. The molecule has 34 heavy (non-hydrogen) atoms. The zero-order valence-corrected chi connectivity index (χ0v) is 20.2. The lowest BCUT2D eigenvalue weighted by atomic mass is 10.1. The molecule has 1 aromatic carbocycles. The van der Waals surface area contributed by atoms with E-state index in [0.717, 1.165) is 56.3 Å². The maximum atomic E-state index is 5.60. The first-order valence-electron chi connectivity index (χ1n) is 11.5. The molecule has 2 aromatic heterocycles. The molecule has 0 bridgehead atoms. The van der Waals surface area contributed by atoms with E-state index in [4.69, 9.17) is 14.5 Å². The number of hydrogen-bond donors (Lipinski definition) is 0. The van der Waals surface area contributed by atoms with E-state index in [1.807, 2.05) is 17.7 Å². The Labute approximate surface area is 206 Å². The van der Waals surface area contributed by atoms with Gasteiger partial charge in [0.05, 0.1) is 18.3 Å². The molecule has 1 unspecified atom stereocenters. The number of aryl methyl sites for hydroxylation is 1. The summed E-state index contributed by atoms with van der Waals surface area (Å²) in [5.41, 5.74) is 3.37. The number of benzene rings is 1. The summed E-state index contributed by atoms with van der Waals surface area (Å²) >= 11 is 0. The molecule has 4 heterocycles. The third-order valence-corrected chi connectivity index (χ3v) is 6.16. The number of rotatable bonds is 9. The van der Waals surface area contributed by atoms with Crippen molar-refractivity contribution >= 4 is 12.4 Å². The van der Waals surface area contributed by atoms with Crippen molar-refractivity contribution in [1.29, 1.82) is 0 Å². The van der Waals surface area contributed by atoms with Crippen molar-refractivity contribution in [3.63, 3.8) is 0 Å². The zero-order chi connectivity index (χ0) is 22.5. The van der Waals surface area contributed by atoms with Gasteiger partial charge in [-0.2, -0.15) is 0 Å². The second-order valence-corrected chi connectivity index (χ2v) is 8.61. The highest BCUT2D eigenvalue weighted by molar-refractivity contribution is 5.85. The van der Waals surface area contributed by atoms with E-state index in [0.29, 0.717) is 18.8 Å². The van der Waals surface area contributed by atoms with Crippen LogP contribution in [0.2, 0.25) is 0 Å². The molecule has 0 radical (unpaired) electrons. The van der Waals surface area contributed by atoms with Crippen LogP contribution < -0.4 is 0 Å². The molecule has 8 nitrogen and oxygen atoms in total. The second-order valence-electron chi connectivity index (χ2n) is 8.61. The van der Waals surface area contributed by atoms with Crippen LogP contribution in [0.15, 0.2) is 67.1 Å². The summed E-state index contributed by atoms with van der Waals surface area (Å²) in [6, 6.07) is 13.0. The molecule has 0 spiro atoms. The SMILES string of the molecule is Cc1cc(C2CCCN2CCN(CC2=COCO2)Cc2ccccc2)nc(-n2ccnc2)n1.Cl. The van der Waals surface area contributed by atoms with Crippen LogP contribution in [0.4, 0.5) is 0 Å². The number of ether oxygens (including phenoxy) is 2. The Morgan fingerprint density at radius 1 is 1.15 bits per heavy atom. The lowest BCUT2D eigenvalue weighted by molar-refractivity contribution is 0.0707. The number of aromatic nitrogens is 4. The summed E-state index contributed by atoms with van der Waals surface area (Å²) in [5.74, 6) is 1.57. The average molecular weight is 483 g/mol. The van der Waals surface area contributed by atoms with Gasteiger partial charge in [-0.25, -0.2) is 15.0 Å². The monoisotopic (exact) mass is 482 g/mol. The Morgan fingerprint density at radius 2 is 2.03 bits per heavy atom. The number of imidazole rings is 1. The van der Waals surface area contributed by atoms with E-state index in [1.54, 1.807) is 18.8 Å². The third-order valence-electron chi connectivity index (χ3n) is 6.16. The van der Waals surface area contributed by atoms with Crippen LogP contribution in [-0.2, 0) is 16.0 Å². The number of hydrogen-bond acceptors (Lipinski definition) is 7. The van der Waals surface area contributed by atoms with E-state index in [-0.39, 0.29) is 12.4 Å². The number of halogens is 1. The van der Waals surface area contributed by atoms with Crippen LogP contribution >= 0.6 is 12.4 Å². The Balaban J connectivity index is 0.00000274. The molecule has 9 heteroatoms. The van der Waals surface area contributed by atoms with Gasteiger partial charge in [0.1, 0.15) is 18.3 Å². The molecule has 1 saturated heterocycles. The van der Waals surface area contributed by atoms with Gasteiger partial charge in [-0.05, 0) is 37.9 Å². The summed E-state index contributed by atoms with van der Waals surface area (Å²) in [5, 5.41) is 0. The quantitative estimate of drug-likeness (QED) is 0.458. The topological polar surface area (TPSA) is 68.5 Å². The maximum absolute atomic E-state index is 5.60. The lowest BCUT2D eigenvalue weighted by Gasteiger charge is -2.29. The first-order chi connectivity index (χ1) is 16.2. The van der Waals surface area contributed by atoms with Gasteiger partial charge in [0.2, 0.25) is 12.7 Å². The van der Waals surface area contributed by atoms with Gasteiger partial charge in [0, 0.05) is 37.7 Å². The molecule has 5 rings (SSSR count). The van der Waals surface area contributed by atoms with Gasteiger partial charge in [-0.1, -0.05) is 30.3 Å². The van der Waals surface area contributed by atoms with Crippen LogP contribution in [0.25, 0.3) is 5.95 Å². The van der Waals surface area contributed by atoms with Crippen LogP contribution in [0.1, 0.15) is 35.8 Å². The van der Waals surface area contributed by atoms with E-state index in [1.165, 1.54) is 12.0 Å². The van der Waals surface area contributed by atoms with Crippen molar-refractivity contribution in [2.45, 2.75) is 32.4 Å². The van der Waals surface area contributed by atoms with Crippen molar-refractivity contribution in [3.05, 3.63) is 84.1 Å². The highest BCUT2D eigenvalue weighted by Gasteiger charge is 2.28. The third kappa shape index (κ3) is 5.94. The fourth-order valence-electron chi connectivity index (χ4n) is 4.57. The highest BCUT2D eigenvalue weighted by atomic mass is 35.5. The fraction of sp³-hybridized carbons (Fsp3) is 0.400. The van der Waals surface area contributed by atoms with Crippen molar-refractivity contribution in [2.75, 3.05) is 33.0 Å². The van der Waals surface area contributed by atoms with Crippen LogP contribution in [-0.4, -0.2) is 62.3 Å². The molecule has 180 valence electrons. The van der Waals surface area contributed by atoms with Gasteiger partial charge in [-0.3, -0.25) is 14.4 Å².